The molecule has 2 aromatic heterocycles. The van der Waals surface area contributed by atoms with E-state index in [2.05, 4.69) is 15.3 Å². The molecule has 0 aliphatic rings. The second kappa shape index (κ2) is 3.87. The molecule has 0 aromatic carbocycles. The van der Waals surface area contributed by atoms with Crippen LogP contribution in [0.25, 0.3) is 11.4 Å². The van der Waals surface area contributed by atoms with Crippen molar-refractivity contribution >= 4 is 5.91 Å². The lowest BCUT2D eigenvalue weighted by molar-refractivity contribution is -0.118. The molecule has 0 atom stereocenters. The third-order valence-electron chi connectivity index (χ3n) is 1.78. The Balaban J connectivity index is 2.24. The van der Waals surface area contributed by atoms with Crippen LogP contribution >= 0.6 is 0 Å². The first-order valence-corrected chi connectivity index (χ1v) is 4.35. The number of nitrogens with zero attached hydrogens (tertiary/aromatic N) is 4. The summed E-state index contributed by atoms with van der Waals surface area (Å²) in [6.45, 7) is 0.0276. The van der Waals surface area contributed by atoms with E-state index in [4.69, 9.17) is 5.73 Å². The molecule has 0 saturated carbocycles. The van der Waals surface area contributed by atoms with Crippen LogP contribution in [0.3, 0.4) is 0 Å². The summed E-state index contributed by atoms with van der Waals surface area (Å²) >= 11 is 0. The lowest BCUT2D eigenvalue weighted by Gasteiger charge is -1.93. The van der Waals surface area contributed by atoms with Crippen molar-refractivity contribution in [3.05, 3.63) is 30.6 Å². The summed E-state index contributed by atoms with van der Waals surface area (Å²) in [5.41, 5.74) is 6.37. The quantitative estimate of drug-likeness (QED) is 0.750. The van der Waals surface area contributed by atoms with Crippen LogP contribution in [0.1, 0.15) is 0 Å². The van der Waals surface area contributed by atoms with Gasteiger partial charge >= 0.3 is 0 Å². The minimum Gasteiger partial charge on any atom is -0.368 e. The molecule has 0 radical (unpaired) electrons. The van der Waals surface area contributed by atoms with Gasteiger partial charge < -0.3 is 5.73 Å². The Labute approximate surface area is 85.7 Å². The van der Waals surface area contributed by atoms with Crippen molar-refractivity contribution in [2.45, 2.75) is 6.54 Å². The Hall–Kier alpha value is -2.24. The standard InChI is InChI=1S/C9H9N5O/c10-9(15)6-14-5-8(12-13-14)7-3-1-2-4-11-7/h1-5H,6H2,(H2,10,15). The molecule has 2 rings (SSSR count). The largest absolute Gasteiger partial charge is 0.368 e. The minimum atomic E-state index is -0.451. The lowest BCUT2D eigenvalue weighted by Crippen LogP contribution is -2.18. The average molecular weight is 203 g/mol. The number of nitrogens with two attached hydrogens (primary N) is 1. The number of pyridine rings is 1. The van der Waals surface area contributed by atoms with Gasteiger partial charge in [0.25, 0.3) is 0 Å². The van der Waals surface area contributed by atoms with Crippen molar-refractivity contribution in [2.75, 3.05) is 0 Å². The van der Waals surface area contributed by atoms with Gasteiger partial charge in [0, 0.05) is 6.20 Å². The summed E-state index contributed by atoms with van der Waals surface area (Å²) in [5, 5.41) is 7.64. The Morgan fingerprint density at radius 1 is 1.40 bits per heavy atom. The number of hydrogen-bond donors (Lipinski definition) is 1. The maximum atomic E-state index is 10.6. The third kappa shape index (κ3) is 2.16. The van der Waals surface area contributed by atoms with Gasteiger partial charge in [0.05, 0.1) is 11.9 Å². The van der Waals surface area contributed by atoms with Crippen LogP contribution in [0.15, 0.2) is 30.6 Å². The molecule has 2 aromatic rings. The van der Waals surface area contributed by atoms with Crippen molar-refractivity contribution in [2.24, 2.45) is 5.73 Å². The number of hydrogen-bond acceptors (Lipinski definition) is 4. The van der Waals surface area contributed by atoms with Crippen molar-refractivity contribution in [3.63, 3.8) is 0 Å². The van der Waals surface area contributed by atoms with Gasteiger partial charge in [-0.05, 0) is 12.1 Å². The maximum absolute atomic E-state index is 10.6. The summed E-state index contributed by atoms with van der Waals surface area (Å²) in [4.78, 5) is 14.7. The van der Waals surface area contributed by atoms with Crippen molar-refractivity contribution in [3.8, 4) is 11.4 Å². The zero-order valence-corrected chi connectivity index (χ0v) is 7.87. The van der Waals surface area contributed by atoms with Gasteiger partial charge in [0.15, 0.2) is 0 Å². The fraction of sp³-hybridized carbons (Fsp3) is 0.111. The van der Waals surface area contributed by atoms with E-state index in [9.17, 15) is 4.79 Å². The van der Waals surface area contributed by atoms with Crippen molar-refractivity contribution in [1.82, 2.24) is 20.0 Å². The molecule has 0 aliphatic heterocycles. The number of rotatable bonds is 3. The predicted molar refractivity (Wildman–Crippen MR) is 52.4 cm³/mol. The van der Waals surface area contributed by atoms with Gasteiger partial charge in [0.1, 0.15) is 12.2 Å². The van der Waals surface area contributed by atoms with Gasteiger partial charge in [0.2, 0.25) is 5.91 Å². The normalized spacial score (nSPS) is 10.1. The van der Waals surface area contributed by atoms with Gasteiger partial charge in [-0.15, -0.1) is 5.10 Å². The zero-order valence-electron chi connectivity index (χ0n) is 7.87. The predicted octanol–water partition coefficient (Wildman–Crippen LogP) is -0.175. The smallest absolute Gasteiger partial charge is 0.239 e. The van der Waals surface area contributed by atoms with Crippen LogP contribution in [0, 0.1) is 0 Å². The van der Waals surface area contributed by atoms with Crippen LogP contribution in [0.4, 0.5) is 0 Å². The Bertz CT molecular complexity index is 464. The summed E-state index contributed by atoms with van der Waals surface area (Å²) < 4.78 is 1.38. The van der Waals surface area contributed by atoms with E-state index < -0.39 is 5.91 Å². The van der Waals surface area contributed by atoms with E-state index in [1.54, 1.807) is 12.4 Å². The second-order valence-corrected chi connectivity index (χ2v) is 2.98. The molecule has 0 saturated heterocycles. The second-order valence-electron chi connectivity index (χ2n) is 2.98. The highest BCUT2D eigenvalue weighted by Gasteiger charge is 2.05. The van der Waals surface area contributed by atoms with E-state index in [-0.39, 0.29) is 6.54 Å². The SMILES string of the molecule is NC(=O)Cn1cc(-c2ccccn2)nn1. The molecule has 1 amide bonds. The van der Waals surface area contributed by atoms with E-state index >= 15 is 0 Å². The van der Waals surface area contributed by atoms with Crippen LogP contribution in [0.5, 0.6) is 0 Å². The Kier molecular flexibility index (Phi) is 2.40. The van der Waals surface area contributed by atoms with Gasteiger partial charge in [-0.2, -0.15) is 0 Å². The van der Waals surface area contributed by atoms with Crippen LogP contribution < -0.4 is 5.73 Å². The highest BCUT2D eigenvalue weighted by molar-refractivity contribution is 5.73. The van der Waals surface area contributed by atoms with Gasteiger partial charge in [-0.25, -0.2) is 4.68 Å². The number of carbonyl (C=O) groups is 1. The molecule has 2 heterocycles. The number of primary amides is 1. The third-order valence-corrected chi connectivity index (χ3v) is 1.78. The van der Waals surface area contributed by atoms with Crippen molar-refractivity contribution < 1.29 is 4.79 Å². The maximum Gasteiger partial charge on any atom is 0.239 e. The first-order valence-electron chi connectivity index (χ1n) is 4.35. The summed E-state index contributed by atoms with van der Waals surface area (Å²) in [6.07, 6.45) is 3.30. The molecule has 0 aliphatic carbocycles. The van der Waals surface area contributed by atoms with Crippen LogP contribution in [-0.2, 0) is 11.3 Å². The average Bonchev–Trinajstić information content (AvgIpc) is 2.67. The molecular weight excluding hydrogens is 194 g/mol. The van der Waals surface area contributed by atoms with E-state index in [0.29, 0.717) is 11.4 Å². The van der Waals surface area contributed by atoms with Crippen LogP contribution in [-0.4, -0.2) is 25.9 Å². The highest BCUT2D eigenvalue weighted by atomic mass is 16.1. The van der Waals surface area contributed by atoms with Crippen LogP contribution in [0.2, 0.25) is 0 Å². The zero-order chi connectivity index (χ0) is 10.7. The lowest BCUT2D eigenvalue weighted by atomic mass is 10.3. The Morgan fingerprint density at radius 3 is 2.93 bits per heavy atom. The molecule has 15 heavy (non-hydrogen) atoms. The fourth-order valence-corrected chi connectivity index (χ4v) is 1.17. The topological polar surface area (TPSA) is 86.7 Å². The molecule has 0 unspecified atom stereocenters. The van der Waals surface area contributed by atoms with Crippen molar-refractivity contribution in [1.29, 1.82) is 0 Å². The molecule has 76 valence electrons. The first kappa shape index (κ1) is 9.32. The number of aromatic nitrogens is 4. The molecule has 6 nitrogen and oxygen atoms in total. The number of amides is 1. The Morgan fingerprint density at radius 2 is 2.27 bits per heavy atom. The first-order chi connectivity index (χ1) is 7.25. The van der Waals surface area contributed by atoms with E-state index in [1.165, 1.54) is 4.68 Å². The molecule has 0 spiro atoms. The molecule has 6 heteroatoms. The van der Waals surface area contributed by atoms with E-state index in [0.717, 1.165) is 0 Å². The fourth-order valence-electron chi connectivity index (χ4n) is 1.17. The molecule has 0 bridgehead atoms. The van der Waals surface area contributed by atoms with Gasteiger partial charge in [-0.1, -0.05) is 11.3 Å². The monoisotopic (exact) mass is 203 g/mol. The number of carbonyl (C=O) groups excluding carboxylic acids is 1. The molecular formula is C9H9N5O. The minimum absolute atomic E-state index is 0.0276. The summed E-state index contributed by atoms with van der Waals surface area (Å²) in [6, 6.07) is 5.49. The summed E-state index contributed by atoms with van der Waals surface area (Å²) in [7, 11) is 0. The van der Waals surface area contributed by atoms with Gasteiger partial charge in [-0.3, -0.25) is 9.78 Å². The van der Waals surface area contributed by atoms with E-state index in [1.807, 2.05) is 18.2 Å². The molecule has 0 fully saturated rings. The summed E-state index contributed by atoms with van der Waals surface area (Å²) in [5.74, 6) is -0.451. The highest BCUT2D eigenvalue weighted by Crippen LogP contribution is 2.11. The molecule has 2 N–H and O–H groups in total.